The molecule has 2 nitrogen and oxygen atoms in total. The summed E-state index contributed by atoms with van der Waals surface area (Å²) in [6, 6.07) is 5.13. The molecule has 3 unspecified atom stereocenters. The highest BCUT2D eigenvalue weighted by Crippen LogP contribution is 2.53. The molecular formula is C17H26ClNOS. The van der Waals surface area contributed by atoms with Gasteiger partial charge < -0.3 is 10.1 Å². The third kappa shape index (κ3) is 3.03. The van der Waals surface area contributed by atoms with Crippen LogP contribution in [0.3, 0.4) is 0 Å². The summed E-state index contributed by atoms with van der Waals surface area (Å²) < 4.78 is 6.92. The number of ether oxygens (including phenoxy) is 1. The Bertz CT molecular complexity index is 469. The second-order valence-electron chi connectivity index (χ2n) is 6.56. The molecule has 0 radical (unpaired) electrons. The van der Waals surface area contributed by atoms with Gasteiger partial charge in [-0.3, -0.25) is 0 Å². The molecule has 1 aromatic rings. The second-order valence-corrected chi connectivity index (χ2v) is 8.30. The lowest BCUT2D eigenvalue weighted by Gasteiger charge is -2.58. The fourth-order valence-corrected chi connectivity index (χ4v) is 5.31. The van der Waals surface area contributed by atoms with Crippen LogP contribution in [0.2, 0.25) is 4.34 Å². The Labute approximate surface area is 137 Å². The first-order valence-electron chi connectivity index (χ1n) is 8.28. The van der Waals surface area contributed by atoms with Gasteiger partial charge in [0.1, 0.15) is 0 Å². The summed E-state index contributed by atoms with van der Waals surface area (Å²) in [6.45, 7) is 5.22. The number of nitrogens with one attached hydrogen (secondary N) is 1. The van der Waals surface area contributed by atoms with Crippen molar-refractivity contribution in [1.82, 2.24) is 5.32 Å². The largest absolute Gasteiger partial charge is 0.378 e. The molecule has 1 aromatic heterocycles. The van der Waals surface area contributed by atoms with Crippen LogP contribution in [0.5, 0.6) is 0 Å². The maximum Gasteiger partial charge on any atom is 0.0931 e. The molecule has 0 saturated heterocycles. The zero-order valence-electron chi connectivity index (χ0n) is 13.0. The van der Waals surface area contributed by atoms with Crippen LogP contribution in [0.4, 0.5) is 0 Å². The van der Waals surface area contributed by atoms with Crippen molar-refractivity contribution < 1.29 is 4.74 Å². The molecule has 4 heteroatoms. The molecule has 2 fully saturated rings. The molecule has 3 atom stereocenters. The average Bonchev–Trinajstić information content (AvgIpc) is 2.93. The van der Waals surface area contributed by atoms with Gasteiger partial charge in [0.15, 0.2) is 0 Å². The second kappa shape index (κ2) is 6.57. The molecule has 2 saturated carbocycles. The summed E-state index contributed by atoms with van der Waals surface area (Å²) in [6.07, 6.45) is 8.41. The van der Waals surface area contributed by atoms with Gasteiger partial charge in [0, 0.05) is 29.0 Å². The highest BCUT2D eigenvalue weighted by molar-refractivity contribution is 7.16. The lowest BCUT2D eigenvalue weighted by molar-refractivity contribution is -0.151. The van der Waals surface area contributed by atoms with Crippen LogP contribution in [0.1, 0.15) is 63.3 Å². The van der Waals surface area contributed by atoms with Crippen LogP contribution in [0.15, 0.2) is 12.1 Å². The first-order chi connectivity index (χ1) is 10.2. The normalized spacial score (nSPS) is 29.3. The van der Waals surface area contributed by atoms with Crippen molar-refractivity contribution in [3.8, 4) is 0 Å². The molecule has 3 rings (SSSR count). The maximum atomic E-state index is 6.07. The minimum Gasteiger partial charge on any atom is -0.378 e. The monoisotopic (exact) mass is 327 g/mol. The standard InChI is InChI=1S/C17H26ClNOS/c1-3-20-15-11-14(17(15)9-5-4-6-10-17)19-12(2)13-7-8-16(18)21-13/h7-8,12,14-15,19H,3-6,9-11H2,1-2H3. The molecule has 0 amide bonds. The summed E-state index contributed by atoms with van der Waals surface area (Å²) >= 11 is 7.76. The Kier molecular flexibility index (Phi) is 4.94. The van der Waals surface area contributed by atoms with Gasteiger partial charge in [-0.15, -0.1) is 11.3 Å². The molecule has 0 bridgehead atoms. The first kappa shape index (κ1) is 15.8. The van der Waals surface area contributed by atoms with E-state index in [4.69, 9.17) is 16.3 Å². The first-order valence-corrected chi connectivity index (χ1v) is 9.48. The van der Waals surface area contributed by atoms with Crippen LogP contribution in [-0.2, 0) is 4.74 Å². The maximum absolute atomic E-state index is 6.07. The quantitative estimate of drug-likeness (QED) is 0.804. The topological polar surface area (TPSA) is 21.3 Å². The molecule has 0 aromatic carbocycles. The highest BCUT2D eigenvalue weighted by Gasteiger charge is 2.55. The fourth-order valence-electron chi connectivity index (χ4n) is 4.24. The van der Waals surface area contributed by atoms with Crippen molar-refractivity contribution in [2.45, 2.75) is 70.6 Å². The Hall–Kier alpha value is -0.0900. The molecule has 1 heterocycles. The van der Waals surface area contributed by atoms with E-state index in [1.54, 1.807) is 11.3 Å². The van der Waals surface area contributed by atoms with E-state index >= 15 is 0 Å². The van der Waals surface area contributed by atoms with E-state index in [1.807, 2.05) is 6.07 Å². The zero-order chi connectivity index (χ0) is 14.9. The lowest BCUT2D eigenvalue weighted by atomic mass is 9.55. The van der Waals surface area contributed by atoms with Crippen molar-refractivity contribution in [2.75, 3.05) is 6.61 Å². The Morgan fingerprint density at radius 2 is 2.14 bits per heavy atom. The minimum atomic E-state index is 0.383. The molecule has 2 aliphatic rings. The Morgan fingerprint density at radius 3 is 2.76 bits per heavy atom. The molecule has 1 spiro atoms. The van der Waals surface area contributed by atoms with Crippen LogP contribution in [0, 0.1) is 5.41 Å². The van der Waals surface area contributed by atoms with Gasteiger partial charge in [0.2, 0.25) is 0 Å². The number of rotatable bonds is 5. The van der Waals surface area contributed by atoms with Crippen molar-refractivity contribution in [3.63, 3.8) is 0 Å². The summed E-state index contributed by atoms with van der Waals surface area (Å²) in [5.74, 6) is 0. The lowest BCUT2D eigenvalue weighted by Crippen LogP contribution is -2.64. The van der Waals surface area contributed by atoms with Crippen molar-refractivity contribution in [2.24, 2.45) is 5.41 Å². The van der Waals surface area contributed by atoms with E-state index in [0.717, 1.165) is 17.4 Å². The van der Waals surface area contributed by atoms with E-state index in [2.05, 4.69) is 25.2 Å². The number of halogens is 1. The molecule has 21 heavy (non-hydrogen) atoms. The fraction of sp³-hybridized carbons (Fsp3) is 0.765. The van der Waals surface area contributed by atoms with Gasteiger partial charge in [-0.05, 0) is 45.2 Å². The summed E-state index contributed by atoms with van der Waals surface area (Å²) in [5, 5.41) is 3.87. The van der Waals surface area contributed by atoms with Crippen molar-refractivity contribution >= 4 is 22.9 Å². The number of hydrogen-bond acceptors (Lipinski definition) is 3. The number of thiophene rings is 1. The molecule has 1 N–H and O–H groups in total. The zero-order valence-corrected chi connectivity index (χ0v) is 14.6. The van der Waals surface area contributed by atoms with E-state index < -0.39 is 0 Å². The molecule has 118 valence electrons. The predicted molar refractivity (Wildman–Crippen MR) is 90.2 cm³/mol. The van der Waals surface area contributed by atoms with E-state index in [0.29, 0.717) is 23.6 Å². The van der Waals surface area contributed by atoms with Gasteiger partial charge in [-0.1, -0.05) is 30.9 Å². The third-order valence-electron chi connectivity index (χ3n) is 5.41. The van der Waals surface area contributed by atoms with Gasteiger partial charge >= 0.3 is 0 Å². The van der Waals surface area contributed by atoms with E-state index in [-0.39, 0.29) is 0 Å². The SMILES string of the molecule is CCOC1CC(NC(C)c2ccc(Cl)s2)C12CCCCC2. The summed E-state index contributed by atoms with van der Waals surface area (Å²) in [4.78, 5) is 1.34. The summed E-state index contributed by atoms with van der Waals surface area (Å²) in [5.41, 5.74) is 0.392. The molecule has 0 aliphatic heterocycles. The smallest absolute Gasteiger partial charge is 0.0931 e. The van der Waals surface area contributed by atoms with E-state index in [1.165, 1.54) is 37.0 Å². The van der Waals surface area contributed by atoms with Crippen LogP contribution in [0.25, 0.3) is 0 Å². The Balaban J connectivity index is 1.67. The van der Waals surface area contributed by atoms with Gasteiger partial charge in [-0.2, -0.15) is 0 Å². The van der Waals surface area contributed by atoms with Gasteiger partial charge in [0.05, 0.1) is 10.4 Å². The van der Waals surface area contributed by atoms with Crippen LogP contribution < -0.4 is 5.32 Å². The van der Waals surface area contributed by atoms with Crippen molar-refractivity contribution in [1.29, 1.82) is 0 Å². The minimum absolute atomic E-state index is 0.383. The number of hydrogen-bond donors (Lipinski definition) is 1. The van der Waals surface area contributed by atoms with Gasteiger partial charge in [-0.25, -0.2) is 0 Å². The predicted octanol–water partition coefficient (Wildman–Crippen LogP) is 5.18. The van der Waals surface area contributed by atoms with Crippen LogP contribution >= 0.6 is 22.9 Å². The Morgan fingerprint density at radius 1 is 1.38 bits per heavy atom. The van der Waals surface area contributed by atoms with Crippen molar-refractivity contribution in [3.05, 3.63) is 21.3 Å². The molecule has 2 aliphatic carbocycles. The van der Waals surface area contributed by atoms with Gasteiger partial charge in [0.25, 0.3) is 0 Å². The van der Waals surface area contributed by atoms with E-state index in [9.17, 15) is 0 Å². The van der Waals surface area contributed by atoms with Crippen LogP contribution in [-0.4, -0.2) is 18.8 Å². The highest BCUT2D eigenvalue weighted by atomic mass is 35.5. The third-order valence-corrected chi connectivity index (χ3v) is 6.82. The molecular weight excluding hydrogens is 302 g/mol. The summed E-state index contributed by atoms with van der Waals surface area (Å²) in [7, 11) is 0. The average molecular weight is 328 g/mol.